The van der Waals surface area contributed by atoms with E-state index in [0.717, 1.165) is 31.9 Å². The molecule has 0 aromatic heterocycles. The summed E-state index contributed by atoms with van der Waals surface area (Å²) in [5.41, 5.74) is 9.01. The molecular weight excluding hydrogens is 344 g/mol. The van der Waals surface area contributed by atoms with Crippen LogP contribution in [0, 0.1) is 0 Å². The summed E-state index contributed by atoms with van der Waals surface area (Å²) in [5.74, 6) is 0.868. The number of ether oxygens (including phenoxy) is 2. The third-order valence-electron chi connectivity index (χ3n) is 4.74. The quantitative estimate of drug-likeness (QED) is 0.786. The van der Waals surface area contributed by atoms with Crippen LogP contribution < -0.4 is 25.4 Å². The van der Waals surface area contributed by atoms with E-state index in [1.807, 2.05) is 12.1 Å². The van der Waals surface area contributed by atoms with Crippen molar-refractivity contribution >= 4 is 23.0 Å². The maximum atomic E-state index is 12.6. The number of amides is 1. The van der Waals surface area contributed by atoms with Crippen molar-refractivity contribution in [3.63, 3.8) is 0 Å². The highest BCUT2D eigenvalue weighted by Gasteiger charge is 2.17. The number of rotatable bonds is 5. The Bertz CT molecular complexity index is 795. The molecule has 1 saturated heterocycles. The average molecular weight is 370 g/mol. The maximum absolute atomic E-state index is 12.6. The summed E-state index contributed by atoms with van der Waals surface area (Å²) in [4.78, 5) is 17.2. The number of nitrogens with two attached hydrogens (primary N) is 1. The van der Waals surface area contributed by atoms with Gasteiger partial charge in [0, 0.05) is 43.5 Å². The third kappa shape index (κ3) is 4.43. The van der Waals surface area contributed by atoms with E-state index in [2.05, 4.69) is 22.2 Å². The third-order valence-corrected chi connectivity index (χ3v) is 4.74. The van der Waals surface area contributed by atoms with Crippen molar-refractivity contribution in [1.82, 2.24) is 4.90 Å². The van der Waals surface area contributed by atoms with Crippen LogP contribution in [-0.2, 0) is 0 Å². The first-order valence-corrected chi connectivity index (χ1v) is 8.87. The molecule has 1 aliphatic heterocycles. The molecule has 7 heteroatoms. The van der Waals surface area contributed by atoms with Crippen molar-refractivity contribution in [3.05, 3.63) is 42.0 Å². The first-order valence-electron chi connectivity index (χ1n) is 8.87. The number of hydrogen-bond donors (Lipinski definition) is 2. The van der Waals surface area contributed by atoms with Crippen molar-refractivity contribution < 1.29 is 14.3 Å². The normalized spacial score (nSPS) is 14.7. The molecule has 1 aliphatic rings. The zero-order chi connectivity index (χ0) is 19.4. The molecule has 0 saturated carbocycles. The highest BCUT2D eigenvalue weighted by atomic mass is 16.5. The van der Waals surface area contributed by atoms with Crippen LogP contribution in [0.25, 0.3) is 0 Å². The number of benzene rings is 2. The summed E-state index contributed by atoms with van der Waals surface area (Å²) in [6, 6.07) is 10.7. The van der Waals surface area contributed by atoms with Gasteiger partial charge in [0.15, 0.2) is 0 Å². The molecule has 1 fully saturated rings. The Morgan fingerprint density at radius 3 is 2.19 bits per heavy atom. The SMILES string of the molecule is COc1cc(OC)cc(C(=O)Nc2ccc(N3CCN(C)CC3)c(N)c2)c1. The van der Waals surface area contributed by atoms with Crippen LogP contribution in [0.4, 0.5) is 17.1 Å². The molecule has 2 aromatic rings. The lowest BCUT2D eigenvalue weighted by molar-refractivity contribution is 0.102. The van der Waals surface area contributed by atoms with Crippen molar-refractivity contribution in [1.29, 1.82) is 0 Å². The lowest BCUT2D eigenvalue weighted by Crippen LogP contribution is -2.44. The summed E-state index contributed by atoms with van der Waals surface area (Å²) in [6.07, 6.45) is 0. The van der Waals surface area contributed by atoms with Gasteiger partial charge in [-0.2, -0.15) is 0 Å². The van der Waals surface area contributed by atoms with E-state index >= 15 is 0 Å². The molecule has 0 atom stereocenters. The van der Waals surface area contributed by atoms with Gasteiger partial charge < -0.3 is 30.3 Å². The van der Waals surface area contributed by atoms with Gasteiger partial charge in [-0.3, -0.25) is 4.79 Å². The van der Waals surface area contributed by atoms with Crippen molar-refractivity contribution in [2.75, 3.05) is 63.4 Å². The number of nitrogens with zero attached hydrogens (tertiary/aromatic N) is 2. The zero-order valence-corrected chi connectivity index (χ0v) is 16.0. The summed E-state index contributed by atoms with van der Waals surface area (Å²) in [7, 11) is 5.22. The van der Waals surface area contributed by atoms with Crippen LogP contribution >= 0.6 is 0 Å². The summed E-state index contributed by atoms with van der Waals surface area (Å²) >= 11 is 0. The summed E-state index contributed by atoms with van der Waals surface area (Å²) < 4.78 is 10.4. The van der Waals surface area contributed by atoms with Gasteiger partial charge in [0.05, 0.1) is 25.6 Å². The molecule has 2 aromatic carbocycles. The molecule has 0 unspecified atom stereocenters. The summed E-state index contributed by atoms with van der Waals surface area (Å²) in [5, 5.41) is 2.88. The van der Waals surface area contributed by atoms with Crippen LogP contribution in [0.1, 0.15) is 10.4 Å². The smallest absolute Gasteiger partial charge is 0.255 e. The van der Waals surface area contributed by atoms with Gasteiger partial charge in [-0.1, -0.05) is 0 Å². The Labute approximate surface area is 159 Å². The van der Waals surface area contributed by atoms with Gasteiger partial charge in [-0.05, 0) is 37.4 Å². The molecule has 3 N–H and O–H groups in total. The van der Waals surface area contributed by atoms with Crippen molar-refractivity contribution in [2.24, 2.45) is 0 Å². The minimum absolute atomic E-state index is 0.251. The van der Waals surface area contributed by atoms with Crippen LogP contribution in [0.3, 0.4) is 0 Å². The van der Waals surface area contributed by atoms with Gasteiger partial charge in [0.25, 0.3) is 5.91 Å². The lowest BCUT2D eigenvalue weighted by atomic mass is 10.1. The monoisotopic (exact) mass is 370 g/mol. The molecule has 0 aliphatic carbocycles. The number of piperazine rings is 1. The van der Waals surface area contributed by atoms with Gasteiger partial charge in [0.2, 0.25) is 0 Å². The van der Waals surface area contributed by atoms with Gasteiger partial charge in [-0.25, -0.2) is 0 Å². The molecule has 144 valence electrons. The van der Waals surface area contributed by atoms with E-state index in [1.165, 1.54) is 0 Å². The van der Waals surface area contributed by atoms with Crippen LogP contribution in [0.5, 0.6) is 11.5 Å². The highest BCUT2D eigenvalue weighted by Crippen LogP contribution is 2.28. The largest absolute Gasteiger partial charge is 0.497 e. The molecule has 27 heavy (non-hydrogen) atoms. The van der Waals surface area contributed by atoms with Gasteiger partial charge >= 0.3 is 0 Å². The first kappa shape index (κ1) is 18.8. The number of nitrogens with one attached hydrogen (secondary N) is 1. The number of likely N-dealkylation sites (N-methyl/N-ethyl adjacent to an activating group) is 1. The lowest BCUT2D eigenvalue weighted by Gasteiger charge is -2.34. The fraction of sp³-hybridized carbons (Fsp3) is 0.350. The van der Waals surface area contributed by atoms with Crippen LogP contribution in [0.2, 0.25) is 0 Å². The maximum Gasteiger partial charge on any atom is 0.255 e. The van der Waals surface area contributed by atoms with Crippen molar-refractivity contribution in [3.8, 4) is 11.5 Å². The molecule has 0 radical (unpaired) electrons. The Balaban J connectivity index is 1.74. The Morgan fingerprint density at radius 1 is 1.00 bits per heavy atom. The Morgan fingerprint density at radius 2 is 1.63 bits per heavy atom. The minimum Gasteiger partial charge on any atom is -0.497 e. The van der Waals surface area contributed by atoms with Gasteiger partial charge in [-0.15, -0.1) is 0 Å². The Hall–Kier alpha value is -2.93. The van der Waals surface area contributed by atoms with Crippen molar-refractivity contribution in [2.45, 2.75) is 0 Å². The fourth-order valence-corrected chi connectivity index (χ4v) is 3.11. The second kappa shape index (κ2) is 8.18. The molecule has 7 nitrogen and oxygen atoms in total. The molecule has 1 amide bonds. The predicted octanol–water partition coefficient (Wildman–Crippen LogP) is 2.29. The van der Waals surface area contributed by atoms with E-state index in [0.29, 0.717) is 28.4 Å². The Kier molecular flexibility index (Phi) is 5.71. The fourth-order valence-electron chi connectivity index (χ4n) is 3.11. The molecular formula is C20H26N4O3. The van der Waals surface area contributed by atoms with E-state index in [-0.39, 0.29) is 5.91 Å². The topological polar surface area (TPSA) is 80.1 Å². The number of carbonyl (C=O) groups excluding carboxylic acids is 1. The van der Waals surface area contributed by atoms with Crippen LogP contribution in [0.15, 0.2) is 36.4 Å². The highest BCUT2D eigenvalue weighted by molar-refractivity contribution is 6.05. The predicted molar refractivity (Wildman–Crippen MR) is 108 cm³/mol. The molecule has 1 heterocycles. The second-order valence-electron chi connectivity index (χ2n) is 6.62. The van der Waals surface area contributed by atoms with E-state index in [1.54, 1.807) is 38.5 Å². The second-order valence-corrected chi connectivity index (χ2v) is 6.62. The molecule has 0 spiro atoms. The molecule has 3 rings (SSSR count). The van der Waals surface area contributed by atoms with E-state index in [4.69, 9.17) is 15.2 Å². The number of anilines is 3. The first-order chi connectivity index (χ1) is 13.0. The average Bonchev–Trinajstić information content (AvgIpc) is 2.68. The standard InChI is InChI=1S/C20H26N4O3/c1-23-6-8-24(9-7-23)19-5-4-15(12-18(19)21)22-20(25)14-10-16(26-2)13-17(11-14)27-3/h4-5,10-13H,6-9,21H2,1-3H3,(H,22,25). The number of hydrogen-bond acceptors (Lipinski definition) is 6. The number of carbonyl (C=O) groups is 1. The zero-order valence-electron chi connectivity index (χ0n) is 16.0. The number of methoxy groups -OCH3 is 2. The minimum atomic E-state index is -0.251. The number of nitrogen functional groups attached to an aromatic ring is 1. The van der Waals surface area contributed by atoms with Gasteiger partial charge in [0.1, 0.15) is 11.5 Å². The van der Waals surface area contributed by atoms with E-state index in [9.17, 15) is 4.79 Å². The van der Waals surface area contributed by atoms with Crippen LogP contribution in [-0.4, -0.2) is 58.3 Å². The summed E-state index contributed by atoms with van der Waals surface area (Å²) in [6.45, 7) is 3.90. The molecule has 0 bridgehead atoms. The van der Waals surface area contributed by atoms with E-state index < -0.39 is 0 Å².